The lowest BCUT2D eigenvalue weighted by Gasteiger charge is -2.37. The first kappa shape index (κ1) is 23.2. The smallest absolute Gasteiger partial charge is 0.277 e. The molecule has 0 unspecified atom stereocenters. The number of benzene rings is 2. The van der Waals surface area contributed by atoms with Gasteiger partial charge in [0, 0.05) is 31.7 Å². The largest absolute Gasteiger partial charge is 0.485 e. The number of hydrogen-bond donors (Lipinski definition) is 0. The molecule has 0 spiro atoms. The Bertz CT molecular complexity index is 1220. The van der Waals surface area contributed by atoms with Crippen LogP contribution in [0, 0.1) is 13.8 Å². The number of carbonyl (C=O) groups is 2. The first-order valence-electron chi connectivity index (χ1n) is 11.5. The van der Waals surface area contributed by atoms with Crippen LogP contribution in [0.3, 0.4) is 0 Å². The third-order valence-electron chi connectivity index (χ3n) is 5.92. The number of ether oxygens (including phenoxy) is 2. The van der Waals surface area contributed by atoms with E-state index < -0.39 is 6.10 Å². The van der Waals surface area contributed by atoms with Crippen molar-refractivity contribution in [3.8, 4) is 23.0 Å². The molecule has 10 heteroatoms. The highest BCUT2D eigenvalue weighted by atomic mass is 32.2. The van der Waals surface area contributed by atoms with Crippen LogP contribution in [0.1, 0.15) is 11.1 Å². The molecule has 0 N–H and O–H groups in total. The van der Waals surface area contributed by atoms with Crippen molar-refractivity contribution < 1.29 is 23.5 Å². The second-order valence-corrected chi connectivity index (χ2v) is 9.54. The van der Waals surface area contributed by atoms with Crippen molar-refractivity contribution in [2.45, 2.75) is 25.2 Å². The van der Waals surface area contributed by atoms with Crippen LogP contribution in [0.25, 0.3) is 11.5 Å². The molecule has 35 heavy (non-hydrogen) atoms. The van der Waals surface area contributed by atoms with E-state index in [2.05, 4.69) is 16.3 Å². The number of carbonyl (C=O) groups excluding carboxylic acids is 2. The molecule has 182 valence electrons. The van der Waals surface area contributed by atoms with Gasteiger partial charge in [0.2, 0.25) is 17.9 Å². The quantitative estimate of drug-likeness (QED) is 0.500. The SMILES string of the molecule is Cc1cc(C)cc(-c2nnc(SCC(=O)N3CCN(C(=O)[C@@H]4COc5ccccc5O4)CC3)o2)c1. The molecule has 0 radical (unpaired) electrons. The summed E-state index contributed by atoms with van der Waals surface area (Å²) in [4.78, 5) is 29.1. The van der Waals surface area contributed by atoms with E-state index in [4.69, 9.17) is 13.9 Å². The molecule has 0 aliphatic carbocycles. The van der Waals surface area contributed by atoms with Crippen molar-refractivity contribution in [1.29, 1.82) is 0 Å². The van der Waals surface area contributed by atoms with Crippen LogP contribution < -0.4 is 9.47 Å². The van der Waals surface area contributed by atoms with Crippen LogP contribution in [-0.4, -0.2) is 76.5 Å². The summed E-state index contributed by atoms with van der Waals surface area (Å²) in [5.41, 5.74) is 3.10. The van der Waals surface area contributed by atoms with Crippen molar-refractivity contribution in [1.82, 2.24) is 20.0 Å². The first-order valence-corrected chi connectivity index (χ1v) is 12.4. The number of nitrogens with zero attached hydrogens (tertiary/aromatic N) is 4. The van der Waals surface area contributed by atoms with Gasteiger partial charge in [0.05, 0.1) is 5.75 Å². The van der Waals surface area contributed by atoms with Gasteiger partial charge in [0.15, 0.2) is 11.5 Å². The van der Waals surface area contributed by atoms with Crippen LogP contribution in [0.2, 0.25) is 0 Å². The Morgan fingerprint density at radius 2 is 1.66 bits per heavy atom. The van der Waals surface area contributed by atoms with Crippen LogP contribution >= 0.6 is 11.8 Å². The summed E-state index contributed by atoms with van der Waals surface area (Å²) in [6, 6.07) is 13.4. The zero-order valence-electron chi connectivity index (χ0n) is 19.6. The zero-order valence-corrected chi connectivity index (χ0v) is 20.4. The van der Waals surface area contributed by atoms with Gasteiger partial charge in [-0.15, -0.1) is 10.2 Å². The highest BCUT2D eigenvalue weighted by molar-refractivity contribution is 7.99. The fourth-order valence-electron chi connectivity index (χ4n) is 4.22. The topological polar surface area (TPSA) is 98.0 Å². The fourth-order valence-corrected chi connectivity index (χ4v) is 4.88. The molecule has 9 nitrogen and oxygen atoms in total. The third kappa shape index (κ3) is 5.27. The second-order valence-electron chi connectivity index (χ2n) is 8.61. The maximum absolute atomic E-state index is 12.9. The van der Waals surface area contributed by atoms with Crippen LogP contribution in [0.15, 0.2) is 52.1 Å². The van der Waals surface area contributed by atoms with Crippen molar-refractivity contribution in [3.05, 3.63) is 53.6 Å². The maximum Gasteiger partial charge on any atom is 0.277 e. The summed E-state index contributed by atoms with van der Waals surface area (Å²) >= 11 is 1.22. The van der Waals surface area contributed by atoms with E-state index in [-0.39, 0.29) is 24.2 Å². The summed E-state index contributed by atoms with van der Waals surface area (Å²) in [7, 11) is 0. The minimum Gasteiger partial charge on any atom is -0.485 e. The Hall–Kier alpha value is -3.53. The normalized spacial score (nSPS) is 17.4. The number of amides is 2. The maximum atomic E-state index is 12.9. The summed E-state index contributed by atoms with van der Waals surface area (Å²) in [6.45, 7) is 6.05. The summed E-state index contributed by atoms with van der Waals surface area (Å²) in [5.74, 6) is 1.70. The standard InChI is InChI=1S/C25H26N4O5S/c1-16-11-17(2)13-18(12-16)23-26-27-25(34-23)35-15-22(30)28-7-9-29(10-8-28)24(31)21-14-32-19-5-3-4-6-20(19)33-21/h3-6,11-13,21H,7-10,14-15H2,1-2H3/t21-/m0/s1. The molecular weight excluding hydrogens is 468 g/mol. The van der Waals surface area contributed by atoms with E-state index >= 15 is 0 Å². The molecule has 5 rings (SSSR count). The van der Waals surface area contributed by atoms with Gasteiger partial charge < -0.3 is 23.7 Å². The highest BCUT2D eigenvalue weighted by Gasteiger charge is 2.33. The predicted octanol–water partition coefficient (Wildman–Crippen LogP) is 2.96. The van der Waals surface area contributed by atoms with Crippen molar-refractivity contribution >= 4 is 23.6 Å². The first-order chi connectivity index (χ1) is 17.0. The van der Waals surface area contributed by atoms with Crippen LogP contribution in [-0.2, 0) is 9.59 Å². The number of hydrogen-bond acceptors (Lipinski definition) is 8. The van der Waals surface area contributed by atoms with Gasteiger partial charge in [-0.3, -0.25) is 9.59 Å². The molecule has 1 atom stereocenters. The van der Waals surface area contributed by atoms with Gasteiger partial charge in [-0.1, -0.05) is 41.1 Å². The van der Waals surface area contributed by atoms with Crippen molar-refractivity contribution in [3.63, 3.8) is 0 Å². The Morgan fingerprint density at radius 3 is 2.40 bits per heavy atom. The Kier molecular flexibility index (Phi) is 6.63. The number of thioether (sulfide) groups is 1. The summed E-state index contributed by atoms with van der Waals surface area (Å²) in [5, 5.41) is 8.54. The lowest BCUT2D eigenvalue weighted by molar-refractivity contribution is -0.145. The molecule has 1 fully saturated rings. The van der Waals surface area contributed by atoms with E-state index in [0.29, 0.717) is 48.8 Å². The molecule has 1 aromatic heterocycles. The Balaban J connectivity index is 1.10. The molecule has 0 saturated carbocycles. The van der Waals surface area contributed by atoms with Crippen LogP contribution in [0.5, 0.6) is 11.5 Å². The molecule has 2 amide bonds. The van der Waals surface area contributed by atoms with Crippen molar-refractivity contribution in [2.75, 3.05) is 38.5 Å². The number of fused-ring (bicyclic) bond motifs is 1. The zero-order chi connectivity index (χ0) is 24.4. The van der Waals surface area contributed by atoms with Crippen LogP contribution in [0.4, 0.5) is 0 Å². The van der Waals surface area contributed by atoms with Gasteiger partial charge in [-0.05, 0) is 38.1 Å². The average molecular weight is 495 g/mol. The van der Waals surface area contributed by atoms with E-state index in [9.17, 15) is 9.59 Å². The Labute approximate surface area is 207 Å². The lowest BCUT2D eigenvalue weighted by atomic mass is 10.1. The number of rotatable bonds is 5. The van der Waals surface area contributed by atoms with Crippen molar-refractivity contribution in [2.24, 2.45) is 0 Å². The number of para-hydroxylation sites is 2. The lowest BCUT2D eigenvalue weighted by Crippen LogP contribution is -2.55. The molecule has 2 aromatic carbocycles. The average Bonchev–Trinajstić information content (AvgIpc) is 3.35. The summed E-state index contributed by atoms with van der Waals surface area (Å²) in [6.07, 6.45) is -0.674. The monoisotopic (exact) mass is 494 g/mol. The van der Waals surface area contributed by atoms with Gasteiger partial charge in [-0.2, -0.15) is 0 Å². The highest BCUT2D eigenvalue weighted by Crippen LogP contribution is 2.31. The molecule has 3 aromatic rings. The van der Waals surface area contributed by atoms with E-state index in [1.54, 1.807) is 15.9 Å². The molecule has 3 heterocycles. The Morgan fingerprint density at radius 1 is 0.971 bits per heavy atom. The van der Waals surface area contributed by atoms with Gasteiger partial charge in [0.25, 0.3) is 11.1 Å². The van der Waals surface area contributed by atoms with Gasteiger partial charge in [0.1, 0.15) is 6.61 Å². The molecule has 0 bridgehead atoms. The number of piperazine rings is 1. The minimum atomic E-state index is -0.674. The predicted molar refractivity (Wildman–Crippen MR) is 129 cm³/mol. The third-order valence-corrected chi connectivity index (χ3v) is 6.73. The van der Waals surface area contributed by atoms with E-state index in [0.717, 1.165) is 16.7 Å². The molecule has 2 aliphatic rings. The molecule has 2 aliphatic heterocycles. The van der Waals surface area contributed by atoms with Gasteiger partial charge in [-0.25, -0.2) is 0 Å². The fraction of sp³-hybridized carbons (Fsp3) is 0.360. The number of aryl methyl sites for hydroxylation is 2. The summed E-state index contributed by atoms with van der Waals surface area (Å²) < 4.78 is 17.2. The van der Waals surface area contributed by atoms with E-state index in [1.807, 2.05) is 44.2 Å². The van der Waals surface area contributed by atoms with E-state index in [1.165, 1.54) is 11.8 Å². The number of aromatic nitrogens is 2. The van der Waals surface area contributed by atoms with Gasteiger partial charge >= 0.3 is 0 Å². The molecular formula is C25H26N4O5S. The minimum absolute atomic E-state index is 0.0283. The second kappa shape index (κ2) is 9.99. The molecule has 1 saturated heterocycles.